The SMILES string of the molecule is COc1ccc(CCC(=O)NCc2c(C)nn(Cc3ccccc3)c2C)cc1OC. The molecule has 0 saturated heterocycles. The zero-order valence-electron chi connectivity index (χ0n) is 18.1. The number of methoxy groups -OCH3 is 2. The van der Waals surface area contributed by atoms with Crippen LogP contribution in [0, 0.1) is 13.8 Å². The minimum Gasteiger partial charge on any atom is -0.493 e. The second-order valence-electron chi connectivity index (χ2n) is 7.26. The van der Waals surface area contributed by atoms with E-state index in [1.54, 1.807) is 14.2 Å². The smallest absolute Gasteiger partial charge is 0.220 e. The van der Waals surface area contributed by atoms with Crippen molar-refractivity contribution in [2.45, 2.75) is 39.8 Å². The molecule has 0 radical (unpaired) electrons. The van der Waals surface area contributed by atoms with E-state index >= 15 is 0 Å². The van der Waals surface area contributed by atoms with Crippen molar-refractivity contribution in [1.29, 1.82) is 0 Å². The van der Waals surface area contributed by atoms with Crippen molar-refractivity contribution in [3.05, 3.63) is 76.6 Å². The number of hydrogen-bond acceptors (Lipinski definition) is 4. The average Bonchev–Trinajstić information content (AvgIpc) is 3.03. The molecular weight excluding hydrogens is 378 g/mol. The number of amides is 1. The van der Waals surface area contributed by atoms with E-state index in [0.717, 1.165) is 29.1 Å². The lowest BCUT2D eigenvalue weighted by molar-refractivity contribution is -0.121. The minimum atomic E-state index is 0.0133. The highest BCUT2D eigenvalue weighted by Gasteiger charge is 2.13. The van der Waals surface area contributed by atoms with E-state index in [1.165, 1.54) is 5.56 Å². The van der Waals surface area contributed by atoms with Crippen LogP contribution < -0.4 is 14.8 Å². The van der Waals surface area contributed by atoms with Gasteiger partial charge in [-0.1, -0.05) is 36.4 Å². The van der Waals surface area contributed by atoms with E-state index < -0.39 is 0 Å². The van der Waals surface area contributed by atoms with Gasteiger partial charge in [-0.15, -0.1) is 0 Å². The van der Waals surface area contributed by atoms with Crippen molar-refractivity contribution in [3.8, 4) is 11.5 Å². The first-order valence-corrected chi connectivity index (χ1v) is 10.1. The van der Waals surface area contributed by atoms with Crippen molar-refractivity contribution < 1.29 is 14.3 Å². The van der Waals surface area contributed by atoms with Crippen molar-refractivity contribution in [3.63, 3.8) is 0 Å². The van der Waals surface area contributed by atoms with Crippen LogP contribution >= 0.6 is 0 Å². The summed E-state index contributed by atoms with van der Waals surface area (Å²) in [6.45, 7) is 5.24. The predicted molar refractivity (Wildman–Crippen MR) is 117 cm³/mol. The molecule has 0 saturated carbocycles. The highest BCUT2D eigenvalue weighted by atomic mass is 16.5. The van der Waals surface area contributed by atoms with E-state index in [4.69, 9.17) is 9.47 Å². The highest BCUT2D eigenvalue weighted by molar-refractivity contribution is 5.76. The van der Waals surface area contributed by atoms with Crippen LogP contribution in [0.25, 0.3) is 0 Å². The number of rotatable bonds is 9. The molecular formula is C24H29N3O3. The Balaban J connectivity index is 1.56. The quantitative estimate of drug-likeness (QED) is 0.586. The van der Waals surface area contributed by atoms with Gasteiger partial charge in [-0.3, -0.25) is 9.48 Å². The molecule has 3 rings (SSSR count). The third kappa shape index (κ3) is 5.20. The van der Waals surface area contributed by atoms with Crippen LogP contribution in [0.5, 0.6) is 11.5 Å². The number of carbonyl (C=O) groups excluding carboxylic acids is 1. The maximum absolute atomic E-state index is 12.4. The normalized spacial score (nSPS) is 10.7. The maximum Gasteiger partial charge on any atom is 0.220 e. The van der Waals surface area contributed by atoms with Crippen molar-refractivity contribution >= 4 is 5.91 Å². The molecule has 1 amide bonds. The molecule has 30 heavy (non-hydrogen) atoms. The number of nitrogens with zero attached hydrogens (tertiary/aromatic N) is 2. The molecule has 0 aliphatic heterocycles. The van der Waals surface area contributed by atoms with Crippen LogP contribution in [0.3, 0.4) is 0 Å². The maximum atomic E-state index is 12.4. The number of benzene rings is 2. The second-order valence-corrected chi connectivity index (χ2v) is 7.26. The molecule has 0 aliphatic rings. The molecule has 0 spiro atoms. The van der Waals surface area contributed by atoms with Crippen molar-refractivity contribution in [1.82, 2.24) is 15.1 Å². The monoisotopic (exact) mass is 407 g/mol. The predicted octanol–water partition coefficient (Wildman–Crippen LogP) is 3.81. The molecule has 0 atom stereocenters. The van der Waals surface area contributed by atoms with Gasteiger partial charge < -0.3 is 14.8 Å². The number of aryl methyl sites for hydroxylation is 2. The number of nitrogens with one attached hydrogen (secondary N) is 1. The summed E-state index contributed by atoms with van der Waals surface area (Å²) >= 11 is 0. The molecule has 3 aromatic rings. The molecule has 1 N–H and O–H groups in total. The van der Waals surface area contributed by atoms with Gasteiger partial charge in [0.1, 0.15) is 0 Å². The Labute approximate surface area is 177 Å². The molecule has 158 valence electrons. The Hall–Kier alpha value is -3.28. The van der Waals surface area contributed by atoms with Crippen LogP contribution in [0.15, 0.2) is 48.5 Å². The summed E-state index contributed by atoms with van der Waals surface area (Å²) in [6.07, 6.45) is 1.04. The van der Waals surface area contributed by atoms with Gasteiger partial charge in [-0.2, -0.15) is 5.10 Å². The van der Waals surface area contributed by atoms with Gasteiger partial charge in [0.05, 0.1) is 26.5 Å². The Kier molecular flexibility index (Phi) is 7.12. The molecule has 6 heteroatoms. The summed E-state index contributed by atoms with van der Waals surface area (Å²) in [5.74, 6) is 1.37. The molecule has 1 aromatic heterocycles. The van der Waals surface area contributed by atoms with E-state index in [9.17, 15) is 4.79 Å². The first-order chi connectivity index (χ1) is 14.5. The average molecular weight is 408 g/mol. The molecule has 0 aliphatic carbocycles. The van der Waals surface area contributed by atoms with Gasteiger partial charge in [-0.05, 0) is 43.5 Å². The van der Waals surface area contributed by atoms with E-state index in [0.29, 0.717) is 30.9 Å². The lowest BCUT2D eigenvalue weighted by Crippen LogP contribution is -2.23. The summed E-state index contributed by atoms with van der Waals surface area (Å²) < 4.78 is 12.6. The summed E-state index contributed by atoms with van der Waals surface area (Å²) in [5, 5.41) is 7.68. The third-order valence-electron chi connectivity index (χ3n) is 5.26. The minimum absolute atomic E-state index is 0.0133. The number of aromatic nitrogens is 2. The first kappa shape index (κ1) is 21.4. The van der Waals surface area contributed by atoms with Crippen LogP contribution in [-0.4, -0.2) is 29.9 Å². The number of ether oxygens (including phenoxy) is 2. The van der Waals surface area contributed by atoms with Gasteiger partial charge in [0.2, 0.25) is 5.91 Å². The lowest BCUT2D eigenvalue weighted by Gasteiger charge is -2.10. The Morgan fingerprint density at radius 3 is 2.43 bits per heavy atom. The zero-order chi connectivity index (χ0) is 21.5. The highest BCUT2D eigenvalue weighted by Crippen LogP contribution is 2.28. The number of hydrogen-bond donors (Lipinski definition) is 1. The summed E-state index contributed by atoms with van der Waals surface area (Å²) in [5.41, 5.74) is 5.34. The van der Waals surface area contributed by atoms with E-state index in [1.807, 2.05) is 54.9 Å². The Morgan fingerprint density at radius 2 is 1.73 bits per heavy atom. The topological polar surface area (TPSA) is 65.4 Å². The van der Waals surface area contributed by atoms with Gasteiger partial charge in [0, 0.05) is 24.2 Å². The van der Waals surface area contributed by atoms with Crippen LogP contribution in [-0.2, 0) is 24.3 Å². The zero-order valence-corrected chi connectivity index (χ0v) is 18.1. The third-order valence-corrected chi connectivity index (χ3v) is 5.26. The van der Waals surface area contributed by atoms with Crippen molar-refractivity contribution in [2.24, 2.45) is 0 Å². The molecule has 0 unspecified atom stereocenters. The van der Waals surface area contributed by atoms with Crippen LogP contribution in [0.1, 0.15) is 34.5 Å². The standard InChI is InChI=1S/C24H29N3O3/c1-17-21(18(2)27(26-17)16-20-8-6-5-7-9-20)15-25-24(28)13-11-19-10-12-22(29-3)23(14-19)30-4/h5-10,12,14H,11,13,15-16H2,1-4H3,(H,25,28). The molecule has 0 fully saturated rings. The van der Waals surface area contributed by atoms with Gasteiger partial charge in [0.15, 0.2) is 11.5 Å². The lowest BCUT2D eigenvalue weighted by atomic mass is 10.1. The van der Waals surface area contributed by atoms with Crippen LogP contribution in [0.4, 0.5) is 0 Å². The van der Waals surface area contributed by atoms with E-state index in [-0.39, 0.29) is 5.91 Å². The van der Waals surface area contributed by atoms with Crippen molar-refractivity contribution in [2.75, 3.05) is 14.2 Å². The first-order valence-electron chi connectivity index (χ1n) is 10.1. The fourth-order valence-corrected chi connectivity index (χ4v) is 3.47. The number of carbonyl (C=O) groups is 1. The molecule has 2 aromatic carbocycles. The Bertz CT molecular complexity index is 996. The summed E-state index contributed by atoms with van der Waals surface area (Å²) in [4.78, 5) is 12.4. The Morgan fingerprint density at radius 1 is 1.00 bits per heavy atom. The molecule has 6 nitrogen and oxygen atoms in total. The van der Waals surface area contributed by atoms with E-state index in [2.05, 4.69) is 22.5 Å². The van der Waals surface area contributed by atoms with Gasteiger partial charge >= 0.3 is 0 Å². The fraction of sp³-hybridized carbons (Fsp3) is 0.333. The summed E-state index contributed by atoms with van der Waals surface area (Å²) in [7, 11) is 3.22. The molecule has 0 bridgehead atoms. The largest absolute Gasteiger partial charge is 0.493 e. The fourth-order valence-electron chi connectivity index (χ4n) is 3.47. The van der Waals surface area contributed by atoms with Crippen LogP contribution in [0.2, 0.25) is 0 Å². The molecule has 1 heterocycles. The summed E-state index contributed by atoms with van der Waals surface area (Å²) in [6, 6.07) is 16.0. The van der Waals surface area contributed by atoms with Gasteiger partial charge in [-0.25, -0.2) is 0 Å². The second kappa shape index (κ2) is 9.96. The van der Waals surface area contributed by atoms with Gasteiger partial charge in [0.25, 0.3) is 0 Å².